The van der Waals surface area contributed by atoms with E-state index >= 15 is 0 Å². The van der Waals surface area contributed by atoms with Crippen molar-refractivity contribution in [2.24, 2.45) is 0 Å². The highest BCUT2D eigenvalue weighted by atomic mass is 19.1. The predicted octanol–water partition coefficient (Wildman–Crippen LogP) is 3.60. The molecule has 2 atom stereocenters. The molecular formula is C17H22FNO4. The molecule has 5 nitrogen and oxygen atoms in total. The van der Waals surface area contributed by atoms with E-state index in [1.54, 1.807) is 65.0 Å². The summed E-state index contributed by atoms with van der Waals surface area (Å²) in [6, 6.07) is 6.28. The zero-order chi connectivity index (χ0) is 17.4. The van der Waals surface area contributed by atoms with E-state index in [4.69, 9.17) is 9.47 Å². The fourth-order valence-electron chi connectivity index (χ4n) is 2.69. The van der Waals surface area contributed by atoms with Crippen molar-refractivity contribution in [2.45, 2.75) is 58.1 Å². The Kier molecular flexibility index (Phi) is 4.48. The van der Waals surface area contributed by atoms with Gasteiger partial charge in [-0.3, -0.25) is 9.69 Å². The Morgan fingerprint density at radius 2 is 1.78 bits per heavy atom. The van der Waals surface area contributed by atoms with Gasteiger partial charge in [0.25, 0.3) is 0 Å². The summed E-state index contributed by atoms with van der Waals surface area (Å²) in [6.45, 7) is 8.43. The van der Waals surface area contributed by atoms with E-state index in [9.17, 15) is 14.0 Å². The van der Waals surface area contributed by atoms with Crippen LogP contribution in [0.1, 0.15) is 46.2 Å². The third kappa shape index (κ3) is 3.69. The maximum Gasteiger partial charge on any atom is 0.413 e. The molecule has 1 aliphatic heterocycles. The van der Waals surface area contributed by atoms with Crippen LogP contribution in [0.4, 0.5) is 9.18 Å². The zero-order valence-corrected chi connectivity index (χ0v) is 14.0. The van der Waals surface area contributed by atoms with Gasteiger partial charge in [-0.1, -0.05) is 30.3 Å². The topological polar surface area (TPSA) is 55.8 Å². The number of ether oxygens (including phenoxy) is 2. The van der Waals surface area contributed by atoms with Gasteiger partial charge in [0.2, 0.25) is 0 Å². The Balaban J connectivity index is 2.46. The molecule has 0 bridgehead atoms. The lowest BCUT2D eigenvalue weighted by molar-refractivity contribution is -0.147. The number of hydrogen-bond acceptors (Lipinski definition) is 4. The second-order valence-electron chi connectivity index (χ2n) is 7.00. The van der Waals surface area contributed by atoms with Crippen molar-refractivity contribution in [3.8, 4) is 0 Å². The van der Waals surface area contributed by atoms with E-state index in [0.29, 0.717) is 5.56 Å². The summed E-state index contributed by atoms with van der Waals surface area (Å²) in [5.74, 6) is 0. The Morgan fingerprint density at radius 3 is 2.26 bits per heavy atom. The average molecular weight is 323 g/mol. The van der Waals surface area contributed by atoms with Crippen molar-refractivity contribution >= 4 is 12.1 Å². The molecule has 23 heavy (non-hydrogen) atoms. The van der Waals surface area contributed by atoms with E-state index in [1.165, 1.54) is 4.90 Å². The third-order valence-electron chi connectivity index (χ3n) is 3.52. The Labute approximate surface area is 135 Å². The Morgan fingerprint density at radius 1 is 1.22 bits per heavy atom. The van der Waals surface area contributed by atoms with Crippen molar-refractivity contribution < 1.29 is 23.5 Å². The maximum absolute atomic E-state index is 13.5. The van der Waals surface area contributed by atoms with Crippen molar-refractivity contribution in [1.82, 2.24) is 4.90 Å². The van der Waals surface area contributed by atoms with E-state index < -0.39 is 35.6 Å². The molecule has 0 radical (unpaired) electrons. The first-order chi connectivity index (χ1) is 10.5. The summed E-state index contributed by atoms with van der Waals surface area (Å²) >= 11 is 0. The highest BCUT2D eigenvalue weighted by Gasteiger charge is 2.54. The van der Waals surface area contributed by atoms with Crippen LogP contribution in [0.25, 0.3) is 0 Å². The van der Waals surface area contributed by atoms with Crippen LogP contribution in [0, 0.1) is 0 Å². The van der Waals surface area contributed by atoms with Gasteiger partial charge in [-0.15, -0.1) is 0 Å². The van der Waals surface area contributed by atoms with Crippen LogP contribution in [0.3, 0.4) is 0 Å². The zero-order valence-electron chi connectivity index (χ0n) is 14.0. The van der Waals surface area contributed by atoms with Gasteiger partial charge in [0.15, 0.2) is 6.10 Å². The van der Waals surface area contributed by atoms with Gasteiger partial charge in [0.1, 0.15) is 11.3 Å². The minimum absolute atomic E-state index is 0.611. The van der Waals surface area contributed by atoms with E-state index in [2.05, 4.69) is 0 Å². The van der Waals surface area contributed by atoms with E-state index in [0.717, 1.165) is 0 Å². The lowest BCUT2D eigenvalue weighted by Crippen LogP contribution is -2.47. The molecule has 0 unspecified atom stereocenters. The van der Waals surface area contributed by atoms with Crippen molar-refractivity contribution in [1.29, 1.82) is 0 Å². The average Bonchev–Trinajstić information content (AvgIpc) is 2.69. The summed E-state index contributed by atoms with van der Waals surface area (Å²) in [7, 11) is 0. The molecular weight excluding hydrogens is 301 g/mol. The molecule has 0 aliphatic carbocycles. The molecule has 2 rings (SSSR count). The van der Waals surface area contributed by atoms with Gasteiger partial charge < -0.3 is 9.47 Å². The Bertz CT molecular complexity index is 594. The number of amides is 1. The summed E-state index contributed by atoms with van der Waals surface area (Å²) < 4.78 is 24.5. The lowest BCUT2D eigenvalue weighted by atomic mass is 10.0. The number of carbonyl (C=O) groups excluding carboxylic acids is 2. The fraction of sp³-hybridized carbons (Fsp3) is 0.529. The van der Waals surface area contributed by atoms with Crippen molar-refractivity contribution in [3.63, 3.8) is 0 Å². The first kappa shape index (κ1) is 17.4. The van der Waals surface area contributed by atoms with Gasteiger partial charge in [-0.25, -0.2) is 4.79 Å². The molecule has 1 amide bonds. The summed E-state index contributed by atoms with van der Waals surface area (Å²) in [6.07, 6.45) is -2.03. The van der Waals surface area contributed by atoms with Gasteiger partial charge >= 0.3 is 12.1 Å². The number of hydrogen-bond donors (Lipinski definition) is 0. The molecule has 0 spiro atoms. The second-order valence-corrected chi connectivity index (χ2v) is 7.00. The monoisotopic (exact) mass is 323 g/mol. The van der Waals surface area contributed by atoms with Gasteiger partial charge in [-0.2, -0.15) is 4.39 Å². The van der Waals surface area contributed by atoms with Crippen molar-refractivity contribution in [2.75, 3.05) is 0 Å². The fourth-order valence-corrected chi connectivity index (χ4v) is 2.69. The van der Waals surface area contributed by atoms with Gasteiger partial charge in [0.05, 0.1) is 6.04 Å². The molecule has 1 fully saturated rings. The minimum atomic E-state index is -1.61. The highest BCUT2D eigenvalue weighted by molar-refractivity contribution is 5.78. The van der Waals surface area contributed by atoms with E-state index in [1.807, 2.05) is 0 Å². The molecule has 1 aromatic rings. The standard InChI is InChI=1S/C17H22FNO4/c1-16(2,3)23-15(21)19-12(11-9-7-6-8-10-11)13(14(18)20)22-17(19,4)5/h6-10,12-13H,1-5H3/t12-,13+/m0/s1. The number of carbonyl (C=O) groups is 2. The summed E-state index contributed by atoms with van der Waals surface area (Å²) in [5.41, 5.74) is -1.28. The molecule has 6 heteroatoms. The predicted molar refractivity (Wildman–Crippen MR) is 82.3 cm³/mol. The molecule has 1 saturated heterocycles. The first-order valence-corrected chi connectivity index (χ1v) is 7.47. The normalized spacial score (nSPS) is 23.7. The van der Waals surface area contributed by atoms with Crippen molar-refractivity contribution in [3.05, 3.63) is 35.9 Å². The molecule has 1 heterocycles. The lowest BCUT2D eigenvalue weighted by Gasteiger charge is -2.35. The number of benzene rings is 1. The second kappa shape index (κ2) is 5.92. The van der Waals surface area contributed by atoms with Crippen LogP contribution in [0.15, 0.2) is 30.3 Å². The van der Waals surface area contributed by atoms with Crippen LogP contribution >= 0.6 is 0 Å². The molecule has 0 aromatic heterocycles. The van der Waals surface area contributed by atoms with Crippen LogP contribution in [-0.2, 0) is 14.3 Å². The van der Waals surface area contributed by atoms with Crippen LogP contribution in [0.2, 0.25) is 0 Å². The SMILES string of the molecule is CC(C)(C)OC(=O)N1[C@@H](c2ccccc2)[C@H](C(=O)F)OC1(C)C. The van der Waals surface area contributed by atoms with Crippen LogP contribution in [-0.4, -0.2) is 34.5 Å². The molecule has 1 aromatic carbocycles. The number of nitrogens with zero attached hydrogens (tertiary/aromatic N) is 1. The van der Waals surface area contributed by atoms with Gasteiger partial charge in [0, 0.05) is 0 Å². The summed E-state index contributed by atoms with van der Waals surface area (Å²) in [4.78, 5) is 25.3. The third-order valence-corrected chi connectivity index (χ3v) is 3.52. The largest absolute Gasteiger partial charge is 0.444 e. The summed E-state index contributed by atoms with van der Waals surface area (Å²) in [5, 5.41) is 0. The van der Waals surface area contributed by atoms with Gasteiger partial charge in [-0.05, 0) is 40.2 Å². The van der Waals surface area contributed by atoms with Crippen LogP contribution in [0.5, 0.6) is 0 Å². The number of rotatable bonds is 2. The molecule has 0 saturated carbocycles. The first-order valence-electron chi connectivity index (χ1n) is 7.47. The highest BCUT2D eigenvalue weighted by Crippen LogP contribution is 2.42. The maximum atomic E-state index is 13.5. The smallest absolute Gasteiger partial charge is 0.413 e. The Hall–Kier alpha value is -1.95. The molecule has 0 N–H and O–H groups in total. The number of halogens is 1. The quantitative estimate of drug-likeness (QED) is 0.780. The molecule has 1 aliphatic rings. The van der Waals surface area contributed by atoms with Crippen LogP contribution < -0.4 is 0 Å². The minimum Gasteiger partial charge on any atom is -0.444 e. The van der Waals surface area contributed by atoms with E-state index in [-0.39, 0.29) is 0 Å². The molecule has 126 valence electrons.